The van der Waals surface area contributed by atoms with Gasteiger partial charge in [0, 0.05) is 25.0 Å². The molecule has 2 aliphatic carbocycles. The van der Waals surface area contributed by atoms with Gasteiger partial charge in [-0.05, 0) is 44.9 Å². The number of rotatable bonds is 5. The van der Waals surface area contributed by atoms with Crippen LogP contribution >= 0.6 is 0 Å². The van der Waals surface area contributed by atoms with Crippen LogP contribution in [0.5, 0.6) is 0 Å². The van der Waals surface area contributed by atoms with Crippen molar-refractivity contribution in [3.8, 4) is 0 Å². The molecule has 0 aliphatic heterocycles. The van der Waals surface area contributed by atoms with Crippen molar-refractivity contribution in [3.05, 3.63) is 0 Å². The van der Waals surface area contributed by atoms with E-state index in [0.29, 0.717) is 6.42 Å². The van der Waals surface area contributed by atoms with Gasteiger partial charge in [-0.1, -0.05) is 0 Å². The Labute approximate surface area is 92.0 Å². The molecule has 86 valence electrons. The van der Waals surface area contributed by atoms with Crippen LogP contribution in [0.2, 0.25) is 0 Å². The van der Waals surface area contributed by atoms with Gasteiger partial charge in [0.1, 0.15) is 0 Å². The van der Waals surface area contributed by atoms with Crippen LogP contribution in [0, 0.1) is 5.92 Å². The highest BCUT2D eigenvalue weighted by Crippen LogP contribution is 2.34. The quantitative estimate of drug-likeness (QED) is 0.747. The fourth-order valence-corrected chi connectivity index (χ4v) is 2.24. The Morgan fingerprint density at radius 1 is 1.47 bits per heavy atom. The Balaban J connectivity index is 1.81. The molecule has 0 radical (unpaired) electrons. The van der Waals surface area contributed by atoms with Crippen molar-refractivity contribution in [2.75, 3.05) is 13.1 Å². The summed E-state index contributed by atoms with van der Waals surface area (Å²) in [7, 11) is 0. The Bertz CT molecular complexity index is 244. The summed E-state index contributed by atoms with van der Waals surface area (Å²) in [5.41, 5.74) is 5.94. The maximum atomic E-state index is 12.0. The fraction of sp³-hybridized carbons (Fsp3) is 0.917. The van der Waals surface area contributed by atoms with Gasteiger partial charge in [-0.2, -0.15) is 0 Å². The van der Waals surface area contributed by atoms with Crippen molar-refractivity contribution in [1.82, 2.24) is 4.90 Å². The smallest absolute Gasteiger partial charge is 0.224 e. The van der Waals surface area contributed by atoms with E-state index in [4.69, 9.17) is 5.73 Å². The SMILES string of the molecule is CCN(CC1CC1)C(=O)CC1(N)CCC1. The third kappa shape index (κ3) is 2.71. The summed E-state index contributed by atoms with van der Waals surface area (Å²) in [6.07, 6.45) is 6.42. The zero-order valence-corrected chi connectivity index (χ0v) is 9.67. The second-order valence-corrected chi connectivity index (χ2v) is 5.27. The molecule has 2 fully saturated rings. The number of nitrogens with zero attached hydrogens (tertiary/aromatic N) is 1. The van der Waals surface area contributed by atoms with Gasteiger partial charge in [0.2, 0.25) is 5.91 Å². The average molecular weight is 210 g/mol. The van der Waals surface area contributed by atoms with Crippen LogP contribution in [-0.4, -0.2) is 29.4 Å². The fourth-order valence-electron chi connectivity index (χ4n) is 2.24. The molecule has 0 unspecified atom stereocenters. The molecule has 2 rings (SSSR count). The van der Waals surface area contributed by atoms with Gasteiger partial charge >= 0.3 is 0 Å². The number of nitrogens with two attached hydrogens (primary N) is 1. The van der Waals surface area contributed by atoms with Crippen LogP contribution in [0.3, 0.4) is 0 Å². The number of carbonyl (C=O) groups excluding carboxylic acids is 1. The monoisotopic (exact) mass is 210 g/mol. The van der Waals surface area contributed by atoms with Crippen molar-refractivity contribution < 1.29 is 4.79 Å². The Morgan fingerprint density at radius 2 is 2.13 bits per heavy atom. The van der Waals surface area contributed by atoms with Crippen molar-refractivity contribution in [1.29, 1.82) is 0 Å². The van der Waals surface area contributed by atoms with E-state index in [0.717, 1.165) is 31.8 Å². The molecule has 2 saturated carbocycles. The van der Waals surface area contributed by atoms with Gasteiger partial charge in [-0.3, -0.25) is 4.79 Å². The average Bonchev–Trinajstić information content (AvgIpc) is 2.95. The van der Waals surface area contributed by atoms with E-state index in [2.05, 4.69) is 6.92 Å². The molecule has 0 bridgehead atoms. The van der Waals surface area contributed by atoms with E-state index >= 15 is 0 Å². The molecule has 3 heteroatoms. The zero-order chi connectivity index (χ0) is 10.9. The van der Waals surface area contributed by atoms with E-state index in [1.165, 1.54) is 19.3 Å². The van der Waals surface area contributed by atoms with E-state index in [9.17, 15) is 4.79 Å². The van der Waals surface area contributed by atoms with Crippen LogP contribution in [0.4, 0.5) is 0 Å². The molecule has 0 spiro atoms. The highest BCUT2D eigenvalue weighted by molar-refractivity contribution is 5.77. The summed E-state index contributed by atoms with van der Waals surface area (Å²) >= 11 is 0. The summed E-state index contributed by atoms with van der Waals surface area (Å²) in [6, 6.07) is 0. The summed E-state index contributed by atoms with van der Waals surface area (Å²) in [4.78, 5) is 14.0. The maximum Gasteiger partial charge on any atom is 0.224 e. The lowest BCUT2D eigenvalue weighted by molar-refractivity contribution is -0.133. The number of amides is 1. The highest BCUT2D eigenvalue weighted by Gasteiger charge is 2.36. The van der Waals surface area contributed by atoms with Crippen molar-refractivity contribution in [2.45, 2.75) is 51.0 Å². The lowest BCUT2D eigenvalue weighted by Gasteiger charge is -2.38. The van der Waals surface area contributed by atoms with Gasteiger partial charge in [-0.25, -0.2) is 0 Å². The van der Waals surface area contributed by atoms with Gasteiger partial charge < -0.3 is 10.6 Å². The second-order valence-electron chi connectivity index (χ2n) is 5.27. The molecule has 0 aromatic carbocycles. The van der Waals surface area contributed by atoms with E-state index < -0.39 is 0 Å². The van der Waals surface area contributed by atoms with Crippen molar-refractivity contribution >= 4 is 5.91 Å². The van der Waals surface area contributed by atoms with Gasteiger partial charge in [0.15, 0.2) is 0 Å². The minimum absolute atomic E-state index is 0.159. The van der Waals surface area contributed by atoms with E-state index in [1.54, 1.807) is 0 Å². The second kappa shape index (κ2) is 4.12. The molecule has 1 amide bonds. The Morgan fingerprint density at radius 3 is 2.53 bits per heavy atom. The van der Waals surface area contributed by atoms with Crippen LogP contribution in [0.25, 0.3) is 0 Å². The number of hydrogen-bond acceptors (Lipinski definition) is 2. The topological polar surface area (TPSA) is 46.3 Å². The number of hydrogen-bond donors (Lipinski definition) is 1. The molecule has 2 N–H and O–H groups in total. The molecular weight excluding hydrogens is 188 g/mol. The van der Waals surface area contributed by atoms with Crippen LogP contribution in [0.15, 0.2) is 0 Å². The molecule has 15 heavy (non-hydrogen) atoms. The third-order valence-corrected chi connectivity index (χ3v) is 3.76. The lowest BCUT2D eigenvalue weighted by Crippen LogP contribution is -2.50. The van der Waals surface area contributed by atoms with Gasteiger partial charge in [0.05, 0.1) is 0 Å². The first-order chi connectivity index (χ1) is 7.13. The molecule has 0 saturated heterocycles. The van der Waals surface area contributed by atoms with Crippen LogP contribution in [-0.2, 0) is 4.79 Å². The maximum absolute atomic E-state index is 12.0. The predicted octanol–water partition coefficient (Wildman–Crippen LogP) is 1.52. The molecule has 0 aromatic rings. The molecular formula is C12H22N2O. The minimum Gasteiger partial charge on any atom is -0.343 e. The summed E-state index contributed by atoms with van der Waals surface area (Å²) in [5.74, 6) is 1.05. The molecule has 0 heterocycles. The van der Waals surface area contributed by atoms with Crippen molar-refractivity contribution in [3.63, 3.8) is 0 Å². The van der Waals surface area contributed by atoms with Crippen molar-refractivity contribution in [2.24, 2.45) is 11.7 Å². The van der Waals surface area contributed by atoms with Crippen LogP contribution in [0.1, 0.15) is 45.4 Å². The first-order valence-electron chi connectivity index (χ1n) is 6.19. The highest BCUT2D eigenvalue weighted by atomic mass is 16.2. The first kappa shape index (κ1) is 10.9. The normalized spacial score (nSPS) is 23.3. The minimum atomic E-state index is -0.159. The summed E-state index contributed by atoms with van der Waals surface area (Å²) < 4.78 is 0. The molecule has 0 aromatic heterocycles. The summed E-state index contributed by atoms with van der Waals surface area (Å²) in [6.45, 7) is 3.86. The predicted molar refractivity (Wildman–Crippen MR) is 60.4 cm³/mol. The molecule has 0 atom stereocenters. The third-order valence-electron chi connectivity index (χ3n) is 3.76. The van der Waals surface area contributed by atoms with Gasteiger partial charge in [0.25, 0.3) is 0 Å². The zero-order valence-electron chi connectivity index (χ0n) is 9.67. The van der Waals surface area contributed by atoms with Gasteiger partial charge in [-0.15, -0.1) is 0 Å². The van der Waals surface area contributed by atoms with Crippen LogP contribution < -0.4 is 5.73 Å². The van der Waals surface area contributed by atoms with E-state index in [-0.39, 0.29) is 11.4 Å². The number of carbonyl (C=O) groups is 1. The molecule has 3 nitrogen and oxygen atoms in total. The van der Waals surface area contributed by atoms with E-state index in [1.807, 2.05) is 4.90 Å². The standard InChI is InChI=1S/C12H22N2O/c1-2-14(9-10-4-5-10)11(15)8-12(13)6-3-7-12/h10H,2-9,13H2,1H3. The molecule has 2 aliphatic rings. The first-order valence-corrected chi connectivity index (χ1v) is 6.19. The summed E-state index contributed by atoms with van der Waals surface area (Å²) in [5, 5.41) is 0. The Hall–Kier alpha value is -0.570. The largest absolute Gasteiger partial charge is 0.343 e. The Kier molecular flexibility index (Phi) is 3.01. The lowest BCUT2D eigenvalue weighted by atomic mass is 9.75.